The van der Waals surface area contributed by atoms with Crippen LogP contribution in [-0.2, 0) is 4.74 Å². The van der Waals surface area contributed by atoms with Crippen LogP contribution in [0.25, 0.3) is 0 Å². The second-order valence-electron chi connectivity index (χ2n) is 3.17. The average Bonchev–Trinajstić information content (AvgIpc) is 2.29. The number of hydrogen-bond donors (Lipinski definition) is 0. The van der Waals surface area contributed by atoms with Crippen molar-refractivity contribution in [2.45, 2.75) is 19.4 Å². The predicted molar refractivity (Wildman–Crippen MR) is 55.5 cm³/mol. The lowest BCUT2D eigenvalue weighted by molar-refractivity contribution is 0.0954. The molecule has 1 unspecified atom stereocenters. The molecule has 1 aromatic heterocycles. The highest BCUT2D eigenvalue weighted by Gasteiger charge is 2.04. The summed E-state index contributed by atoms with van der Waals surface area (Å²) >= 11 is 0. The molecule has 1 heterocycles. The molecule has 0 radical (unpaired) electrons. The van der Waals surface area contributed by atoms with Gasteiger partial charge in [-0.2, -0.15) is 5.26 Å². The van der Waals surface area contributed by atoms with Crippen molar-refractivity contribution in [3.63, 3.8) is 0 Å². The topological polar surface area (TPSA) is 55.1 Å². The lowest BCUT2D eigenvalue weighted by Gasteiger charge is -2.10. The summed E-state index contributed by atoms with van der Waals surface area (Å²) in [6.07, 6.45) is 4.07. The first-order valence-corrected chi connectivity index (χ1v) is 4.77. The molecular formula is C11H14N2O2. The monoisotopic (exact) mass is 206 g/mol. The first-order chi connectivity index (χ1) is 7.27. The largest absolute Gasteiger partial charge is 0.490 e. The zero-order valence-corrected chi connectivity index (χ0v) is 8.93. The van der Waals surface area contributed by atoms with Crippen LogP contribution in [0.15, 0.2) is 18.5 Å². The Morgan fingerprint density at radius 3 is 3.07 bits per heavy atom. The average molecular weight is 206 g/mol. The van der Waals surface area contributed by atoms with E-state index in [1.165, 1.54) is 0 Å². The molecule has 0 amide bonds. The molecule has 1 aromatic rings. The number of rotatable bonds is 5. The fourth-order valence-electron chi connectivity index (χ4n) is 1.04. The first-order valence-electron chi connectivity index (χ1n) is 4.77. The Hall–Kier alpha value is -1.60. The molecule has 0 aliphatic rings. The van der Waals surface area contributed by atoms with Crippen LogP contribution in [0.4, 0.5) is 0 Å². The van der Waals surface area contributed by atoms with Crippen LogP contribution in [-0.4, -0.2) is 24.8 Å². The smallest absolute Gasteiger partial charge is 0.155 e. The molecule has 0 spiro atoms. The van der Waals surface area contributed by atoms with E-state index in [-0.39, 0.29) is 6.10 Å². The van der Waals surface area contributed by atoms with Gasteiger partial charge in [0, 0.05) is 19.7 Å². The molecule has 0 bridgehead atoms. The normalized spacial score (nSPS) is 11.8. The SMILES string of the molecule is COC(C)CCOc1cnccc1C#N. The summed E-state index contributed by atoms with van der Waals surface area (Å²) in [5, 5.41) is 8.79. The van der Waals surface area contributed by atoms with Gasteiger partial charge in [0.25, 0.3) is 0 Å². The molecule has 0 aliphatic carbocycles. The van der Waals surface area contributed by atoms with E-state index in [4.69, 9.17) is 14.7 Å². The van der Waals surface area contributed by atoms with E-state index < -0.39 is 0 Å². The van der Waals surface area contributed by atoms with Gasteiger partial charge in [0.2, 0.25) is 0 Å². The molecule has 4 heteroatoms. The zero-order valence-electron chi connectivity index (χ0n) is 8.93. The maximum atomic E-state index is 8.79. The van der Waals surface area contributed by atoms with Gasteiger partial charge in [0.05, 0.1) is 24.5 Å². The van der Waals surface area contributed by atoms with Crippen molar-refractivity contribution < 1.29 is 9.47 Å². The van der Waals surface area contributed by atoms with Crippen molar-refractivity contribution in [2.24, 2.45) is 0 Å². The van der Waals surface area contributed by atoms with E-state index in [1.54, 1.807) is 25.6 Å². The molecule has 1 atom stereocenters. The van der Waals surface area contributed by atoms with Crippen LogP contribution in [0, 0.1) is 11.3 Å². The molecule has 0 N–H and O–H groups in total. The van der Waals surface area contributed by atoms with Crippen molar-refractivity contribution in [1.82, 2.24) is 4.98 Å². The quantitative estimate of drug-likeness (QED) is 0.736. The third-order valence-electron chi connectivity index (χ3n) is 2.09. The Morgan fingerprint density at radius 2 is 2.40 bits per heavy atom. The van der Waals surface area contributed by atoms with Gasteiger partial charge in [0.15, 0.2) is 5.75 Å². The molecule has 0 fully saturated rings. The van der Waals surface area contributed by atoms with Crippen molar-refractivity contribution in [1.29, 1.82) is 5.26 Å². The second kappa shape index (κ2) is 5.99. The number of aromatic nitrogens is 1. The van der Waals surface area contributed by atoms with Crippen molar-refractivity contribution in [3.05, 3.63) is 24.0 Å². The molecule has 0 saturated heterocycles. The number of nitriles is 1. The number of methoxy groups -OCH3 is 1. The third kappa shape index (κ3) is 3.56. The third-order valence-corrected chi connectivity index (χ3v) is 2.09. The van der Waals surface area contributed by atoms with E-state index in [0.29, 0.717) is 17.9 Å². The fourth-order valence-corrected chi connectivity index (χ4v) is 1.04. The number of nitrogens with zero attached hydrogens (tertiary/aromatic N) is 2. The van der Waals surface area contributed by atoms with Crippen LogP contribution in [0.5, 0.6) is 5.75 Å². The van der Waals surface area contributed by atoms with E-state index in [1.807, 2.05) is 6.92 Å². The van der Waals surface area contributed by atoms with Gasteiger partial charge in [0.1, 0.15) is 6.07 Å². The molecule has 15 heavy (non-hydrogen) atoms. The molecule has 0 saturated carbocycles. The zero-order chi connectivity index (χ0) is 11.1. The van der Waals surface area contributed by atoms with Crippen LogP contribution in [0.2, 0.25) is 0 Å². The van der Waals surface area contributed by atoms with Crippen LogP contribution < -0.4 is 4.74 Å². The number of hydrogen-bond acceptors (Lipinski definition) is 4. The molecule has 0 aromatic carbocycles. The van der Waals surface area contributed by atoms with Gasteiger partial charge in [-0.15, -0.1) is 0 Å². The highest BCUT2D eigenvalue weighted by molar-refractivity contribution is 5.40. The van der Waals surface area contributed by atoms with E-state index >= 15 is 0 Å². The molecule has 1 rings (SSSR count). The summed E-state index contributed by atoms with van der Waals surface area (Å²) in [4.78, 5) is 3.90. The summed E-state index contributed by atoms with van der Waals surface area (Å²) in [6.45, 7) is 2.49. The van der Waals surface area contributed by atoms with Gasteiger partial charge < -0.3 is 9.47 Å². The standard InChI is InChI=1S/C11H14N2O2/c1-9(14-2)4-6-15-11-8-13-5-3-10(11)7-12/h3,5,8-9H,4,6H2,1-2H3. The lowest BCUT2D eigenvalue weighted by atomic mass is 10.2. The van der Waals surface area contributed by atoms with Gasteiger partial charge in [-0.3, -0.25) is 4.98 Å². The lowest BCUT2D eigenvalue weighted by Crippen LogP contribution is -2.10. The highest BCUT2D eigenvalue weighted by atomic mass is 16.5. The predicted octanol–water partition coefficient (Wildman–Crippen LogP) is 1.76. The van der Waals surface area contributed by atoms with Crippen molar-refractivity contribution in [3.8, 4) is 11.8 Å². The second-order valence-corrected chi connectivity index (χ2v) is 3.17. The van der Waals surface area contributed by atoms with Crippen molar-refractivity contribution >= 4 is 0 Å². The Labute approximate surface area is 89.5 Å². The van der Waals surface area contributed by atoms with Gasteiger partial charge in [-0.05, 0) is 13.0 Å². The van der Waals surface area contributed by atoms with Crippen LogP contribution >= 0.6 is 0 Å². The van der Waals surface area contributed by atoms with Gasteiger partial charge in [-0.1, -0.05) is 0 Å². The highest BCUT2D eigenvalue weighted by Crippen LogP contribution is 2.15. The summed E-state index contributed by atoms with van der Waals surface area (Å²) in [7, 11) is 1.66. The number of pyridine rings is 1. The molecule has 80 valence electrons. The van der Waals surface area contributed by atoms with Crippen LogP contribution in [0.3, 0.4) is 0 Å². The molecule has 0 aliphatic heterocycles. The summed E-state index contributed by atoms with van der Waals surface area (Å²) in [5.41, 5.74) is 0.509. The summed E-state index contributed by atoms with van der Waals surface area (Å²) < 4.78 is 10.5. The maximum absolute atomic E-state index is 8.79. The Balaban J connectivity index is 2.47. The summed E-state index contributed by atoms with van der Waals surface area (Å²) in [5.74, 6) is 0.531. The van der Waals surface area contributed by atoms with Crippen molar-refractivity contribution in [2.75, 3.05) is 13.7 Å². The van der Waals surface area contributed by atoms with Gasteiger partial charge in [-0.25, -0.2) is 0 Å². The minimum absolute atomic E-state index is 0.159. The minimum Gasteiger partial charge on any atom is -0.490 e. The molecular weight excluding hydrogens is 192 g/mol. The first kappa shape index (κ1) is 11.5. The maximum Gasteiger partial charge on any atom is 0.155 e. The minimum atomic E-state index is 0.159. The Kier molecular flexibility index (Phi) is 4.58. The van der Waals surface area contributed by atoms with Gasteiger partial charge >= 0.3 is 0 Å². The Morgan fingerprint density at radius 1 is 1.60 bits per heavy atom. The van der Waals surface area contributed by atoms with E-state index in [9.17, 15) is 0 Å². The number of ether oxygens (including phenoxy) is 2. The molecule has 4 nitrogen and oxygen atoms in total. The van der Waals surface area contributed by atoms with Crippen LogP contribution in [0.1, 0.15) is 18.9 Å². The fraction of sp³-hybridized carbons (Fsp3) is 0.455. The van der Waals surface area contributed by atoms with E-state index in [2.05, 4.69) is 11.1 Å². The summed E-state index contributed by atoms with van der Waals surface area (Å²) in [6, 6.07) is 3.69. The van der Waals surface area contributed by atoms with E-state index in [0.717, 1.165) is 6.42 Å². The Bertz CT molecular complexity index is 347.